The fourth-order valence-corrected chi connectivity index (χ4v) is 7.37. The third kappa shape index (κ3) is 29.4. The predicted octanol–water partition coefficient (Wildman–Crippen LogP) is 10.2. The maximum absolute atomic E-state index is 12.9. The molecule has 58 heavy (non-hydrogen) atoms. The summed E-state index contributed by atoms with van der Waals surface area (Å²) in [6.07, 6.45) is 43.5. The maximum atomic E-state index is 12.9. The van der Waals surface area contributed by atoms with E-state index in [2.05, 4.69) is 42.6 Å². The normalized spacial score (nSPS) is 21.3. The van der Waals surface area contributed by atoms with E-state index in [1.54, 1.807) is 6.08 Å². The molecule has 7 atom stereocenters. The smallest absolute Gasteiger partial charge is 0.220 e. The summed E-state index contributed by atoms with van der Waals surface area (Å²) in [5, 5.41) is 54.0. The van der Waals surface area contributed by atoms with Crippen LogP contribution in [0.1, 0.15) is 200 Å². The molecule has 1 heterocycles. The van der Waals surface area contributed by atoms with Crippen LogP contribution in [0.25, 0.3) is 0 Å². The Morgan fingerprint density at radius 2 is 1.05 bits per heavy atom. The third-order valence-electron chi connectivity index (χ3n) is 11.2. The van der Waals surface area contributed by atoms with Crippen molar-refractivity contribution in [2.45, 2.75) is 243 Å². The van der Waals surface area contributed by atoms with E-state index < -0.39 is 49.5 Å². The number of allylic oxidation sites excluding steroid dienone is 7. The van der Waals surface area contributed by atoms with Crippen molar-refractivity contribution >= 4 is 5.91 Å². The Balaban J connectivity index is 2.20. The van der Waals surface area contributed by atoms with Gasteiger partial charge in [0.15, 0.2) is 6.29 Å². The first-order chi connectivity index (χ1) is 28.3. The fraction of sp³-hybridized carbons (Fsp3) is 0.816. The molecule has 0 radical (unpaired) electrons. The second-order valence-corrected chi connectivity index (χ2v) is 16.5. The molecule has 0 spiro atoms. The minimum absolute atomic E-state index is 0.196. The lowest BCUT2D eigenvalue weighted by atomic mass is 9.99. The van der Waals surface area contributed by atoms with Gasteiger partial charge in [0.1, 0.15) is 24.4 Å². The second-order valence-electron chi connectivity index (χ2n) is 16.5. The first-order valence-electron chi connectivity index (χ1n) is 23.8. The van der Waals surface area contributed by atoms with Gasteiger partial charge in [0, 0.05) is 6.42 Å². The highest BCUT2D eigenvalue weighted by Crippen LogP contribution is 2.22. The minimum Gasteiger partial charge on any atom is -0.394 e. The molecule has 9 heteroatoms. The summed E-state index contributed by atoms with van der Waals surface area (Å²) in [4.78, 5) is 12.9. The molecule has 1 fully saturated rings. The van der Waals surface area contributed by atoms with Gasteiger partial charge in [0.2, 0.25) is 5.91 Å². The number of carbonyl (C=O) groups excluding carboxylic acids is 1. The molecule has 1 aliphatic heterocycles. The molecule has 0 saturated carbocycles. The number of ether oxygens (including phenoxy) is 2. The Hall–Kier alpha value is -1.85. The molecule has 9 nitrogen and oxygen atoms in total. The Labute approximate surface area is 354 Å². The first kappa shape index (κ1) is 54.2. The second kappa shape index (κ2) is 39.3. The molecule has 7 unspecified atom stereocenters. The van der Waals surface area contributed by atoms with E-state index in [9.17, 15) is 30.3 Å². The lowest BCUT2D eigenvalue weighted by Gasteiger charge is -2.40. The van der Waals surface area contributed by atoms with Crippen molar-refractivity contribution in [1.82, 2.24) is 5.32 Å². The highest BCUT2D eigenvalue weighted by molar-refractivity contribution is 5.76. The zero-order valence-corrected chi connectivity index (χ0v) is 37.0. The zero-order chi connectivity index (χ0) is 42.3. The van der Waals surface area contributed by atoms with E-state index in [4.69, 9.17) is 9.47 Å². The number of hydrogen-bond donors (Lipinski definition) is 6. The van der Waals surface area contributed by atoms with Crippen LogP contribution in [-0.2, 0) is 14.3 Å². The molecule has 1 rings (SSSR count). The van der Waals surface area contributed by atoms with Crippen molar-refractivity contribution < 1.29 is 39.8 Å². The van der Waals surface area contributed by atoms with Crippen molar-refractivity contribution in [2.24, 2.45) is 0 Å². The van der Waals surface area contributed by atoms with Crippen molar-refractivity contribution in [1.29, 1.82) is 0 Å². The highest BCUT2D eigenvalue weighted by Gasteiger charge is 2.44. The van der Waals surface area contributed by atoms with Crippen molar-refractivity contribution in [3.8, 4) is 0 Å². The summed E-state index contributed by atoms with van der Waals surface area (Å²) in [6, 6.07) is -0.826. The van der Waals surface area contributed by atoms with Gasteiger partial charge in [-0.25, -0.2) is 0 Å². The van der Waals surface area contributed by atoms with E-state index in [1.165, 1.54) is 135 Å². The van der Waals surface area contributed by atoms with Crippen LogP contribution in [-0.4, -0.2) is 87.5 Å². The van der Waals surface area contributed by atoms with Gasteiger partial charge in [-0.2, -0.15) is 0 Å². The van der Waals surface area contributed by atoms with Gasteiger partial charge in [-0.3, -0.25) is 4.79 Å². The summed E-state index contributed by atoms with van der Waals surface area (Å²) in [5.74, 6) is -0.196. The lowest BCUT2D eigenvalue weighted by Crippen LogP contribution is -2.60. The van der Waals surface area contributed by atoms with E-state index in [0.717, 1.165) is 44.9 Å². The molecule has 0 aliphatic carbocycles. The van der Waals surface area contributed by atoms with Gasteiger partial charge in [0.25, 0.3) is 0 Å². The van der Waals surface area contributed by atoms with Crippen LogP contribution < -0.4 is 5.32 Å². The zero-order valence-electron chi connectivity index (χ0n) is 37.0. The van der Waals surface area contributed by atoms with Crippen LogP contribution in [0, 0.1) is 0 Å². The van der Waals surface area contributed by atoms with E-state index in [-0.39, 0.29) is 12.5 Å². The van der Waals surface area contributed by atoms with E-state index in [1.807, 2.05) is 19.1 Å². The van der Waals surface area contributed by atoms with Crippen LogP contribution in [0.15, 0.2) is 48.6 Å². The number of amides is 1. The molecule has 0 aromatic rings. The number of aliphatic hydroxyl groups is 5. The third-order valence-corrected chi connectivity index (χ3v) is 11.2. The van der Waals surface area contributed by atoms with Gasteiger partial charge in [-0.05, 0) is 64.7 Å². The van der Waals surface area contributed by atoms with Gasteiger partial charge in [-0.15, -0.1) is 0 Å². The van der Waals surface area contributed by atoms with Gasteiger partial charge in [0.05, 0.1) is 25.4 Å². The molecule has 0 bridgehead atoms. The van der Waals surface area contributed by atoms with Crippen molar-refractivity contribution in [3.05, 3.63) is 48.6 Å². The summed E-state index contributed by atoms with van der Waals surface area (Å²) >= 11 is 0. The average Bonchev–Trinajstić information content (AvgIpc) is 3.22. The fourth-order valence-electron chi connectivity index (χ4n) is 7.37. The monoisotopic (exact) mass is 820 g/mol. The largest absolute Gasteiger partial charge is 0.394 e. The molecule has 6 N–H and O–H groups in total. The molecule has 338 valence electrons. The summed E-state index contributed by atoms with van der Waals surface area (Å²) in [5.41, 5.74) is 0. The maximum Gasteiger partial charge on any atom is 0.220 e. The van der Waals surface area contributed by atoms with E-state index >= 15 is 0 Å². The average molecular weight is 820 g/mol. The van der Waals surface area contributed by atoms with Crippen LogP contribution in [0.3, 0.4) is 0 Å². The predicted molar refractivity (Wildman–Crippen MR) is 239 cm³/mol. The Morgan fingerprint density at radius 3 is 1.55 bits per heavy atom. The van der Waals surface area contributed by atoms with Gasteiger partial charge < -0.3 is 40.3 Å². The lowest BCUT2D eigenvalue weighted by molar-refractivity contribution is -0.302. The van der Waals surface area contributed by atoms with Crippen LogP contribution in [0.2, 0.25) is 0 Å². The Kier molecular flexibility index (Phi) is 36.7. The van der Waals surface area contributed by atoms with Crippen LogP contribution in [0.4, 0.5) is 0 Å². The molecule has 0 aromatic carbocycles. The SMILES string of the molecule is C/C=C/CC/C=C/CC/C=C/C(O)C(COC1OC(CO)C(O)C(O)C1O)NC(=O)CCCCCCCCCCCC/C=C\CCCCCCCCCCCCCC. The number of carbonyl (C=O) groups is 1. The van der Waals surface area contributed by atoms with Gasteiger partial charge >= 0.3 is 0 Å². The summed E-state index contributed by atoms with van der Waals surface area (Å²) in [7, 11) is 0. The number of unbranched alkanes of at least 4 members (excludes halogenated alkanes) is 24. The number of nitrogens with one attached hydrogen (secondary N) is 1. The topological polar surface area (TPSA) is 149 Å². The highest BCUT2D eigenvalue weighted by atomic mass is 16.7. The molecule has 1 aliphatic rings. The van der Waals surface area contributed by atoms with Crippen molar-refractivity contribution in [3.63, 3.8) is 0 Å². The van der Waals surface area contributed by atoms with Crippen LogP contribution >= 0.6 is 0 Å². The summed E-state index contributed by atoms with van der Waals surface area (Å²) in [6.45, 7) is 3.51. The minimum atomic E-state index is -1.57. The first-order valence-corrected chi connectivity index (χ1v) is 23.8. The quantitative estimate of drug-likeness (QED) is 0.0265. The molecular formula is C49H89NO8. The summed E-state index contributed by atoms with van der Waals surface area (Å²) < 4.78 is 11.2. The molecule has 1 saturated heterocycles. The van der Waals surface area contributed by atoms with Gasteiger partial charge in [-0.1, -0.05) is 178 Å². The Morgan fingerprint density at radius 1 is 0.603 bits per heavy atom. The number of rotatable bonds is 39. The number of aliphatic hydroxyl groups excluding tert-OH is 5. The molecule has 0 aromatic heterocycles. The number of hydrogen-bond acceptors (Lipinski definition) is 8. The molecular weight excluding hydrogens is 731 g/mol. The van der Waals surface area contributed by atoms with Crippen molar-refractivity contribution in [2.75, 3.05) is 13.2 Å². The molecule has 1 amide bonds. The standard InChI is InChI=1S/C49H89NO8/c1-3-5-7-9-11-13-14-15-16-17-18-19-20-21-22-23-24-25-26-27-28-29-31-33-35-37-39-45(53)50-42(43(52)38-36-34-32-30-12-10-8-6-4-2)41-57-49-48(56)47(55)46(54)44(40-51)58-49/h4,6,12,21-22,30,36,38,42-44,46-49,51-52,54-56H,3,5,7-11,13-20,23-29,31-35,37,39-41H2,1-2H3,(H,50,53)/b6-4+,22-21-,30-12+,38-36+. The van der Waals surface area contributed by atoms with E-state index in [0.29, 0.717) is 6.42 Å². The van der Waals surface area contributed by atoms with Crippen LogP contribution in [0.5, 0.6) is 0 Å². The Bertz CT molecular complexity index is 1050.